The summed E-state index contributed by atoms with van der Waals surface area (Å²) in [6, 6.07) is 13.0. The normalized spacial score (nSPS) is 18.9. The number of ether oxygens (including phenoxy) is 1. The highest BCUT2D eigenvalue weighted by Crippen LogP contribution is 2.39. The summed E-state index contributed by atoms with van der Waals surface area (Å²) in [6.07, 6.45) is 2.30. The molecule has 200 valence electrons. The van der Waals surface area contributed by atoms with Gasteiger partial charge >= 0.3 is 0 Å². The van der Waals surface area contributed by atoms with Crippen molar-refractivity contribution in [1.29, 1.82) is 0 Å². The number of hydrogen-bond donors (Lipinski definition) is 1. The SMILES string of the molecule is COCCN(CC1CC1C)c1cc(-c2nnc([C@H](C)C(N)c3ccccc3)o2)cc(N(C)S(C)(=O)=O)n1. The summed E-state index contributed by atoms with van der Waals surface area (Å²) in [5, 5.41) is 8.56. The van der Waals surface area contributed by atoms with Crippen LogP contribution in [0.2, 0.25) is 0 Å². The molecule has 10 nitrogen and oxygen atoms in total. The molecular weight excluding hydrogens is 492 g/mol. The van der Waals surface area contributed by atoms with Crippen molar-refractivity contribution < 1.29 is 17.6 Å². The van der Waals surface area contributed by atoms with Gasteiger partial charge < -0.3 is 19.8 Å². The van der Waals surface area contributed by atoms with Gasteiger partial charge in [-0.2, -0.15) is 0 Å². The van der Waals surface area contributed by atoms with Gasteiger partial charge in [-0.3, -0.25) is 4.31 Å². The van der Waals surface area contributed by atoms with E-state index >= 15 is 0 Å². The quantitative estimate of drug-likeness (QED) is 0.376. The van der Waals surface area contributed by atoms with Gasteiger partial charge in [-0.05, 0) is 36.0 Å². The standard InChI is InChI=1S/C26H36N6O4S/c1-17-13-21(17)16-32(11-12-35-4)23-15-20(14-22(28-23)31(3)37(5,33)34)26-30-29-25(36-26)18(2)24(27)19-9-7-6-8-10-19/h6-10,14-15,17-18,21,24H,11-13,16,27H2,1-5H3/t17?,18-,21?,24?/m1/s1. The Bertz CT molecular complexity index is 1300. The van der Waals surface area contributed by atoms with Crippen LogP contribution < -0.4 is 14.9 Å². The second-order valence-corrected chi connectivity index (χ2v) is 11.9. The fourth-order valence-corrected chi connectivity index (χ4v) is 4.64. The molecule has 4 rings (SSSR count). The van der Waals surface area contributed by atoms with Crippen molar-refractivity contribution in [2.75, 3.05) is 49.3 Å². The Morgan fingerprint density at radius 1 is 1.19 bits per heavy atom. The Kier molecular flexibility index (Phi) is 8.15. The minimum Gasteiger partial charge on any atom is -0.420 e. The van der Waals surface area contributed by atoms with Crippen LogP contribution in [0.3, 0.4) is 0 Å². The molecule has 1 aliphatic rings. The summed E-state index contributed by atoms with van der Waals surface area (Å²) < 4.78 is 37.3. The highest BCUT2D eigenvalue weighted by Gasteiger charge is 2.34. The van der Waals surface area contributed by atoms with E-state index in [2.05, 4.69) is 22.0 Å². The number of rotatable bonds is 12. The number of hydrogen-bond acceptors (Lipinski definition) is 9. The van der Waals surface area contributed by atoms with E-state index in [0.29, 0.717) is 42.3 Å². The summed E-state index contributed by atoms with van der Waals surface area (Å²) in [7, 11) is -0.401. The molecule has 37 heavy (non-hydrogen) atoms. The molecule has 2 N–H and O–H groups in total. The Morgan fingerprint density at radius 3 is 2.49 bits per heavy atom. The van der Waals surface area contributed by atoms with E-state index in [-0.39, 0.29) is 23.7 Å². The number of methoxy groups -OCH3 is 1. The maximum atomic E-state index is 12.4. The molecule has 2 aromatic heterocycles. The first-order valence-corrected chi connectivity index (χ1v) is 14.3. The first-order valence-electron chi connectivity index (χ1n) is 12.4. The van der Waals surface area contributed by atoms with Crippen LogP contribution in [-0.4, -0.2) is 63.7 Å². The van der Waals surface area contributed by atoms with E-state index in [1.54, 1.807) is 13.2 Å². The molecule has 3 unspecified atom stereocenters. The first-order chi connectivity index (χ1) is 17.6. The summed E-state index contributed by atoms with van der Waals surface area (Å²) in [5.41, 5.74) is 8.03. The smallest absolute Gasteiger partial charge is 0.248 e. The Hall–Kier alpha value is -3.02. The van der Waals surface area contributed by atoms with Gasteiger partial charge in [0.05, 0.1) is 18.8 Å². The molecule has 0 amide bonds. The summed E-state index contributed by atoms with van der Waals surface area (Å²) in [4.78, 5) is 6.83. The number of nitrogens with zero attached hydrogens (tertiary/aromatic N) is 5. The molecule has 1 fully saturated rings. The lowest BCUT2D eigenvalue weighted by atomic mass is 9.95. The van der Waals surface area contributed by atoms with Crippen molar-refractivity contribution in [3.8, 4) is 11.5 Å². The second kappa shape index (κ2) is 11.2. The summed E-state index contributed by atoms with van der Waals surface area (Å²) in [5.74, 6) is 2.58. The van der Waals surface area contributed by atoms with Crippen LogP contribution >= 0.6 is 0 Å². The van der Waals surface area contributed by atoms with Gasteiger partial charge in [-0.1, -0.05) is 44.2 Å². The maximum absolute atomic E-state index is 12.4. The van der Waals surface area contributed by atoms with Crippen LogP contribution in [0.15, 0.2) is 46.9 Å². The molecule has 0 radical (unpaired) electrons. The zero-order valence-corrected chi connectivity index (χ0v) is 22.9. The molecular formula is C26H36N6O4S. The van der Waals surface area contributed by atoms with Crippen molar-refractivity contribution in [2.45, 2.75) is 32.2 Å². The van der Waals surface area contributed by atoms with Crippen LogP contribution in [0.25, 0.3) is 11.5 Å². The van der Waals surface area contributed by atoms with Crippen molar-refractivity contribution in [2.24, 2.45) is 17.6 Å². The topological polar surface area (TPSA) is 128 Å². The minimum atomic E-state index is -3.54. The third-order valence-electron chi connectivity index (χ3n) is 7.04. The van der Waals surface area contributed by atoms with Crippen LogP contribution in [0.4, 0.5) is 11.6 Å². The van der Waals surface area contributed by atoms with E-state index in [1.807, 2.05) is 43.3 Å². The molecule has 2 heterocycles. The Labute approximate surface area is 218 Å². The van der Waals surface area contributed by atoms with Crippen molar-refractivity contribution in [1.82, 2.24) is 15.2 Å². The molecule has 0 spiro atoms. The Balaban J connectivity index is 1.70. The first kappa shape index (κ1) is 27.0. The average Bonchev–Trinajstić information content (AvgIpc) is 3.36. The fraction of sp³-hybridized carbons (Fsp3) is 0.500. The van der Waals surface area contributed by atoms with Crippen molar-refractivity contribution in [3.05, 3.63) is 53.9 Å². The molecule has 11 heteroatoms. The van der Waals surface area contributed by atoms with Gasteiger partial charge in [0.2, 0.25) is 21.8 Å². The van der Waals surface area contributed by atoms with Crippen molar-refractivity contribution in [3.63, 3.8) is 0 Å². The fourth-order valence-electron chi connectivity index (χ4n) is 4.21. The third kappa shape index (κ3) is 6.46. The van der Waals surface area contributed by atoms with E-state index in [4.69, 9.17) is 19.9 Å². The van der Waals surface area contributed by atoms with Gasteiger partial charge in [-0.15, -0.1) is 10.2 Å². The van der Waals surface area contributed by atoms with Gasteiger partial charge in [0.15, 0.2) is 0 Å². The average molecular weight is 529 g/mol. The van der Waals surface area contributed by atoms with Crippen LogP contribution in [-0.2, 0) is 14.8 Å². The zero-order chi connectivity index (χ0) is 26.7. The number of sulfonamides is 1. The van der Waals surface area contributed by atoms with Gasteiger partial charge in [-0.25, -0.2) is 13.4 Å². The predicted molar refractivity (Wildman–Crippen MR) is 144 cm³/mol. The summed E-state index contributed by atoms with van der Waals surface area (Å²) in [6.45, 7) is 6.12. The molecule has 3 aromatic rings. The molecule has 0 bridgehead atoms. The van der Waals surface area contributed by atoms with Crippen molar-refractivity contribution >= 4 is 21.7 Å². The predicted octanol–water partition coefficient (Wildman–Crippen LogP) is 3.44. The van der Waals surface area contributed by atoms with Gasteiger partial charge in [0.25, 0.3) is 0 Å². The van der Waals surface area contributed by atoms with E-state index in [0.717, 1.165) is 29.1 Å². The minimum absolute atomic E-state index is 0.224. The van der Waals surface area contributed by atoms with Crippen LogP contribution in [0.1, 0.15) is 43.7 Å². The number of aromatic nitrogens is 3. The largest absolute Gasteiger partial charge is 0.420 e. The Morgan fingerprint density at radius 2 is 1.86 bits per heavy atom. The second-order valence-electron chi connectivity index (χ2n) is 9.89. The van der Waals surface area contributed by atoms with Gasteiger partial charge in [0.1, 0.15) is 11.6 Å². The number of benzene rings is 1. The molecule has 0 aliphatic heterocycles. The lowest BCUT2D eigenvalue weighted by Crippen LogP contribution is -2.32. The lowest BCUT2D eigenvalue weighted by molar-refractivity contribution is 0.204. The molecule has 1 saturated carbocycles. The van der Waals surface area contributed by atoms with Crippen LogP contribution in [0.5, 0.6) is 0 Å². The number of anilines is 2. The molecule has 1 aliphatic carbocycles. The lowest BCUT2D eigenvalue weighted by Gasteiger charge is -2.26. The summed E-state index contributed by atoms with van der Waals surface area (Å²) >= 11 is 0. The van der Waals surface area contributed by atoms with E-state index < -0.39 is 10.0 Å². The number of pyridine rings is 1. The molecule has 4 atom stereocenters. The third-order valence-corrected chi connectivity index (χ3v) is 8.22. The highest BCUT2D eigenvalue weighted by molar-refractivity contribution is 7.92. The molecule has 1 aromatic carbocycles. The number of nitrogens with two attached hydrogens (primary N) is 1. The highest BCUT2D eigenvalue weighted by atomic mass is 32.2. The van der Waals surface area contributed by atoms with E-state index in [9.17, 15) is 8.42 Å². The van der Waals surface area contributed by atoms with E-state index in [1.165, 1.54) is 7.05 Å². The molecule has 0 saturated heterocycles. The zero-order valence-electron chi connectivity index (χ0n) is 22.0. The van der Waals surface area contributed by atoms with Crippen LogP contribution in [0, 0.1) is 11.8 Å². The maximum Gasteiger partial charge on any atom is 0.248 e. The van der Waals surface area contributed by atoms with Gasteiger partial charge in [0, 0.05) is 38.9 Å². The monoisotopic (exact) mass is 528 g/mol.